The lowest BCUT2D eigenvalue weighted by Gasteiger charge is -2.26. The van der Waals surface area contributed by atoms with Crippen LogP contribution in [-0.4, -0.2) is 47.0 Å². The normalized spacial score (nSPS) is 9.94. The SMILES string of the molecule is CC(C)N(CCC(=O)O)C(=O)NCC(N)=O. The number of carbonyl (C=O) groups is 3. The van der Waals surface area contributed by atoms with Crippen LogP contribution in [0.1, 0.15) is 20.3 Å². The maximum absolute atomic E-state index is 11.5. The first-order valence-electron chi connectivity index (χ1n) is 4.89. The number of carbonyl (C=O) groups excluding carboxylic acids is 2. The molecule has 7 heteroatoms. The Hall–Kier alpha value is -1.79. The van der Waals surface area contributed by atoms with Crippen molar-refractivity contribution in [2.75, 3.05) is 13.1 Å². The highest BCUT2D eigenvalue weighted by atomic mass is 16.4. The van der Waals surface area contributed by atoms with Gasteiger partial charge in [-0.05, 0) is 13.8 Å². The van der Waals surface area contributed by atoms with Crippen LogP contribution in [0.25, 0.3) is 0 Å². The van der Waals surface area contributed by atoms with E-state index < -0.39 is 17.9 Å². The fourth-order valence-electron chi connectivity index (χ4n) is 1.07. The summed E-state index contributed by atoms with van der Waals surface area (Å²) in [7, 11) is 0. The van der Waals surface area contributed by atoms with Crippen molar-refractivity contribution in [3.8, 4) is 0 Å². The minimum Gasteiger partial charge on any atom is -0.481 e. The molecular weight excluding hydrogens is 214 g/mol. The van der Waals surface area contributed by atoms with Gasteiger partial charge in [0.15, 0.2) is 0 Å². The van der Waals surface area contributed by atoms with Gasteiger partial charge in [-0.1, -0.05) is 0 Å². The number of nitrogens with two attached hydrogens (primary N) is 1. The van der Waals surface area contributed by atoms with Crippen molar-refractivity contribution in [2.45, 2.75) is 26.3 Å². The molecule has 0 aliphatic heterocycles. The van der Waals surface area contributed by atoms with E-state index in [0.29, 0.717) is 0 Å². The van der Waals surface area contributed by atoms with Gasteiger partial charge in [0, 0.05) is 12.6 Å². The minimum atomic E-state index is -0.978. The first-order chi connectivity index (χ1) is 7.34. The molecule has 0 unspecified atom stereocenters. The molecule has 16 heavy (non-hydrogen) atoms. The molecule has 0 aromatic carbocycles. The van der Waals surface area contributed by atoms with E-state index >= 15 is 0 Å². The van der Waals surface area contributed by atoms with Gasteiger partial charge < -0.3 is 21.1 Å². The van der Waals surface area contributed by atoms with Crippen LogP contribution in [-0.2, 0) is 9.59 Å². The second kappa shape index (κ2) is 6.65. The molecule has 0 aromatic heterocycles. The summed E-state index contributed by atoms with van der Waals surface area (Å²) in [6.07, 6.45) is -0.137. The molecule has 0 bridgehead atoms. The van der Waals surface area contributed by atoms with Crippen LogP contribution < -0.4 is 11.1 Å². The van der Waals surface area contributed by atoms with Crippen molar-refractivity contribution >= 4 is 17.9 Å². The maximum Gasteiger partial charge on any atom is 0.318 e. The molecule has 4 N–H and O–H groups in total. The van der Waals surface area contributed by atoms with E-state index in [9.17, 15) is 14.4 Å². The largest absolute Gasteiger partial charge is 0.481 e. The fraction of sp³-hybridized carbons (Fsp3) is 0.667. The first kappa shape index (κ1) is 14.2. The molecule has 0 heterocycles. The predicted octanol–water partition coefficient (Wildman–Crippen LogP) is -0.634. The second-order valence-corrected chi connectivity index (χ2v) is 3.56. The second-order valence-electron chi connectivity index (χ2n) is 3.56. The molecule has 0 radical (unpaired) electrons. The molecule has 3 amide bonds. The molecular formula is C9H17N3O4. The Bertz CT molecular complexity index is 278. The van der Waals surface area contributed by atoms with E-state index in [2.05, 4.69) is 5.32 Å². The highest BCUT2D eigenvalue weighted by molar-refractivity contribution is 5.83. The monoisotopic (exact) mass is 231 g/mol. The maximum atomic E-state index is 11.5. The van der Waals surface area contributed by atoms with Gasteiger partial charge in [0.1, 0.15) is 0 Å². The van der Waals surface area contributed by atoms with Crippen LogP contribution in [0, 0.1) is 0 Å². The number of amides is 3. The Kier molecular flexibility index (Phi) is 5.91. The summed E-state index contributed by atoms with van der Waals surface area (Å²) in [5.41, 5.74) is 4.87. The number of nitrogens with zero attached hydrogens (tertiary/aromatic N) is 1. The third kappa shape index (κ3) is 5.84. The predicted molar refractivity (Wildman–Crippen MR) is 56.7 cm³/mol. The smallest absolute Gasteiger partial charge is 0.318 e. The third-order valence-corrected chi connectivity index (χ3v) is 1.86. The number of hydrogen-bond donors (Lipinski definition) is 3. The molecule has 0 aromatic rings. The van der Waals surface area contributed by atoms with Crippen molar-refractivity contribution in [3.05, 3.63) is 0 Å². The fourth-order valence-corrected chi connectivity index (χ4v) is 1.07. The van der Waals surface area contributed by atoms with Crippen LogP contribution >= 0.6 is 0 Å². The van der Waals surface area contributed by atoms with Gasteiger partial charge in [-0.15, -0.1) is 0 Å². The van der Waals surface area contributed by atoms with E-state index in [1.165, 1.54) is 4.90 Å². The molecule has 7 nitrogen and oxygen atoms in total. The molecule has 0 saturated carbocycles. The summed E-state index contributed by atoms with van der Waals surface area (Å²) in [4.78, 5) is 33.7. The van der Waals surface area contributed by atoms with Gasteiger partial charge in [-0.3, -0.25) is 9.59 Å². The summed E-state index contributed by atoms with van der Waals surface area (Å²) in [5, 5.41) is 10.8. The number of nitrogens with one attached hydrogen (secondary N) is 1. The van der Waals surface area contributed by atoms with Gasteiger partial charge >= 0.3 is 12.0 Å². The molecule has 0 spiro atoms. The number of aliphatic carboxylic acids is 1. The number of carboxylic acid groups (broad SMARTS) is 1. The topological polar surface area (TPSA) is 113 Å². The van der Waals surface area contributed by atoms with Gasteiger partial charge in [-0.2, -0.15) is 0 Å². The van der Waals surface area contributed by atoms with E-state index in [-0.39, 0.29) is 25.6 Å². The molecule has 0 aliphatic carbocycles. The summed E-state index contributed by atoms with van der Waals surface area (Å²) in [6.45, 7) is 3.35. The summed E-state index contributed by atoms with van der Waals surface area (Å²) in [6, 6.07) is -0.637. The highest BCUT2D eigenvalue weighted by Gasteiger charge is 2.17. The van der Waals surface area contributed by atoms with E-state index in [0.717, 1.165) is 0 Å². The molecule has 92 valence electrons. The number of rotatable bonds is 6. The Balaban J connectivity index is 4.24. The number of carboxylic acids is 1. The number of primary amides is 1. The van der Waals surface area contributed by atoms with Crippen LogP contribution in [0.5, 0.6) is 0 Å². The van der Waals surface area contributed by atoms with Crippen LogP contribution in [0.3, 0.4) is 0 Å². The average Bonchev–Trinajstić information content (AvgIpc) is 2.13. The van der Waals surface area contributed by atoms with Crippen molar-refractivity contribution in [1.29, 1.82) is 0 Å². The standard InChI is InChI=1S/C9H17N3O4/c1-6(2)12(4-3-8(14)15)9(16)11-5-7(10)13/h6H,3-5H2,1-2H3,(H2,10,13)(H,11,16)(H,14,15). The molecule has 0 fully saturated rings. The van der Waals surface area contributed by atoms with Crippen LogP contribution in [0.2, 0.25) is 0 Å². The van der Waals surface area contributed by atoms with E-state index in [1.54, 1.807) is 13.8 Å². The lowest BCUT2D eigenvalue weighted by molar-refractivity contribution is -0.137. The summed E-state index contributed by atoms with van der Waals surface area (Å²) < 4.78 is 0. The lowest BCUT2D eigenvalue weighted by Crippen LogP contribution is -2.47. The number of urea groups is 1. The molecule has 0 aliphatic rings. The van der Waals surface area contributed by atoms with Crippen LogP contribution in [0.4, 0.5) is 4.79 Å². The van der Waals surface area contributed by atoms with Crippen molar-refractivity contribution < 1.29 is 19.5 Å². The zero-order valence-corrected chi connectivity index (χ0v) is 9.40. The van der Waals surface area contributed by atoms with Gasteiger partial charge in [0.05, 0.1) is 13.0 Å². The van der Waals surface area contributed by atoms with Crippen molar-refractivity contribution in [3.63, 3.8) is 0 Å². The van der Waals surface area contributed by atoms with Crippen molar-refractivity contribution in [2.24, 2.45) is 5.73 Å². The molecule has 0 rings (SSSR count). The first-order valence-corrected chi connectivity index (χ1v) is 4.89. The summed E-state index contributed by atoms with van der Waals surface area (Å²) in [5.74, 6) is -1.62. The van der Waals surface area contributed by atoms with E-state index in [4.69, 9.17) is 10.8 Å². The quantitative estimate of drug-likeness (QED) is 0.564. The Labute approximate surface area is 93.6 Å². The Morgan fingerprint density at radius 3 is 2.31 bits per heavy atom. The van der Waals surface area contributed by atoms with Gasteiger partial charge in [0.25, 0.3) is 0 Å². The zero-order valence-electron chi connectivity index (χ0n) is 9.40. The van der Waals surface area contributed by atoms with Gasteiger partial charge in [-0.25, -0.2) is 4.79 Å². The van der Waals surface area contributed by atoms with E-state index in [1.807, 2.05) is 0 Å². The Morgan fingerprint density at radius 2 is 1.94 bits per heavy atom. The third-order valence-electron chi connectivity index (χ3n) is 1.86. The van der Waals surface area contributed by atoms with Crippen molar-refractivity contribution in [1.82, 2.24) is 10.2 Å². The van der Waals surface area contributed by atoms with Gasteiger partial charge in [0.2, 0.25) is 5.91 Å². The Morgan fingerprint density at radius 1 is 1.38 bits per heavy atom. The summed E-state index contributed by atoms with van der Waals surface area (Å²) >= 11 is 0. The zero-order chi connectivity index (χ0) is 12.7. The minimum absolute atomic E-state index is 0.0948. The highest BCUT2D eigenvalue weighted by Crippen LogP contribution is 2.00. The lowest BCUT2D eigenvalue weighted by atomic mass is 10.3. The molecule has 0 atom stereocenters. The number of hydrogen-bond acceptors (Lipinski definition) is 3. The molecule has 0 saturated heterocycles. The average molecular weight is 231 g/mol. The van der Waals surface area contributed by atoms with Crippen LogP contribution in [0.15, 0.2) is 0 Å².